The fourth-order valence-electron chi connectivity index (χ4n) is 2.54. The fourth-order valence-corrected chi connectivity index (χ4v) is 2.54. The van der Waals surface area contributed by atoms with Crippen molar-refractivity contribution in [1.82, 2.24) is 10.2 Å². The van der Waals surface area contributed by atoms with Crippen molar-refractivity contribution in [2.75, 3.05) is 19.6 Å². The zero-order chi connectivity index (χ0) is 11.9. The summed E-state index contributed by atoms with van der Waals surface area (Å²) in [4.78, 5) is 2.61. The molecule has 1 N–H and O–H groups in total. The Morgan fingerprint density at radius 2 is 2.06 bits per heavy atom. The summed E-state index contributed by atoms with van der Waals surface area (Å²) in [6, 6.07) is 11.4. The van der Waals surface area contributed by atoms with Crippen molar-refractivity contribution in [2.45, 2.75) is 38.8 Å². The molecule has 1 aromatic rings. The Hall–Kier alpha value is -0.860. The van der Waals surface area contributed by atoms with Crippen LogP contribution in [0.3, 0.4) is 0 Å². The first kappa shape index (κ1) is 12.6. The predicted octanol–water partition coefficient (Wildman–Crippen LogP) is 2.65. The van der Waals surface area contributed by atoms with Crippen molar-refractivity contribution < 1.29 is 0 Å². The number of hydrogen-bond donors (Lipinski definition) is 1. The largest absolute Gasteiger partial charge is 0.311 e. The standard InChI is InChI=1S/C15H24N2/c1-14-7-5-6-11-17(14)12-10-16-13-15-8-3-2-4-9-15/h2-4,8-9,14,16H,5-7,10-13H2,1H3. The third-order valence-corrected chi connectivity index (χ3v) is 3.69. The fraction of sp³-hybridized carbons (Fsp3) is 0.600. The molecule has 1 fully saturated rings. The molecule has 0 aliphatic carbocycles. The second kappa shape index (κ2) is 6.77. The lowest BCUT2D eigenvalue weighted by Gasteiger charge is -2.33. The Kier molecular flexibility index (Phi) is 5.02. The minimum Gasteiger partial charge on any atom is -0.311 e. The van der Waals surface area contributed by atoms with Crippen molar-refractivity contribution in [3.05, 3.63) is 35.9 Å². The van der Waals surface area contributed by atoms with Gasteiger partial charge in [-0.25, -0.2) is 0 Å². The second-order valence-electron chi connectivity index (χ2n) is 5.04. The summed E-state index contributed by atoms with van der Waals surface area (Å²) >= 11 is 0. The van der Waals surface area contributed by atoms with Gasteiger partial charge in [-0.05, 0) is 31.9 Å². The molecule has 1 aliphatic heterocycles. The third kappa shape index (κ3) is 4.14. The highest BCUT2D eigenvalue weighted by Gasteiger charge is 2.16. The summed E-state index contributed by atoms with van der Waals surface area (Å²) in [6.45, 7) is 6.92. The molecule has 2 nitrogen and oxygen atoms in total. The van der Waals surface area contributed by atoms with E-state index in [4.69, 9.17) is 0 Å². The van der Waals surface area contributed by atoms with Gasteiger partial charge in [0.1, 0.15) is 0 Å². The Balaban J connectivity index is 1.63. The van der Waals surface area contributed by atoms with E-state index >= 15 is 0 Å². The van der Waals surface area contributed by atoms with Gasteiger partial charge in [0.25, 0.3) is 0 Å². The number of rotatable bonds is 5. The van der Waals surface area contributed by atoms with Crippen LogP contribution >= 0.6 is 0 Å². The lowest BCUT2D eigenvalue weighted by atomic mass is 10.0. The van der Waals surface area contributed by atoms with Crippen LogP contribution in [0.1, 0.15) is 31.7 Å². The molecule has 1 saturated heterocycles. The summed E-state index contributed by atoms with van der Waals surface area (Å²) in [5.74, 6) is 0. The predicted molar refractivity (Wildman–Crippen MR) is 73.0 cm³/mol. The lowest BCUT2D eigenvalue weighted by Crippen LogP contribution is -2.41. The average molecular weight is 232 g/mol. The molecule has 17 heavy (non-hydrogen) atoms. The van der Waals surface area contributed by atoms with Crippen molar-refractivity contribution in [1.29, 1.82) is 0 Å². The molecule has 0 aromatic heterocycles. The molecule has 1 aliphatic rings. The van der Waals surface area contributed by atoms with Crippen LogP contribution in [0.25, 0.3) is 0 Å². The topological polar surface area (TPSA) is 15.3 Å². The highest BCUT2D eigenvalue weighted by atomic mass is 15.2. The van der Waals surface area contributed by atoms with Crippen LogP contribution < -0.4 is 5.32 Å². The van der Waals surface area contributed by atoms with Crippen molar-refractivity contribution in [3.63, 3.8) is 0 Å². The maximum Gasteiger partial charge on any atom is 0.0206 e. The van der Waals surface area contributed by atoms with Gasteiger partial charge in [0, 0.05) is 25.7 Å². The Bertz CT molecular complexity index is 310. The van der Waals surface area contributed by atoms with E-state index in [1.54, 1.807) is 0 Å². The molecule has 0 spiro atoms. The average Bonchev–Trinajstić information content (AvgIpc) is 2.38. The number of nitrogens with zero attached hydrogens (tertiary/aromatic N) is 1. The van der Waals surface area contributed by atoms with Crippen LogP contribution in [-0.4, -0.2) is 30.6 Å². The second-order valence-corrected chi connectivity index (χ2v) is 5.04. The molecule has 2 heteroatoms. The van der Waals surface area contributed by atoms with Crippen LogP contribution in [0.4, 0.5) is 0 Å². The molecule has 0 radical (unpaired) electrons. The normalized spacial score (nSPS) is 21.6. The van der Waals surface area contributed by atoms with E-state index in [9.17, 15) is 0 Å². The van der Waals surface area contributed by atoms with E-state index in [2.05, 4.69) is 47.5 Å². The summed E-state index contributed by atoms with van der Waals surface area (Å²) in [5.41, 5.74) is 1.37. The quantitative estimate of drug-likeness (QED) is 0.785. The van der Waals surface area contributed by atoms with E-state index < -0.39 is 0 Å². The van der Waals surface area contributed by atoms with Crippen LogP contribution in [0.5, 0.6) is 0 Å². The maximum atomic E-state index is 3.53. The summed E-state index contributed by atoms with van der Waals surface area (Å²) < 4.78 is 0. The van der Waals surface area contributed by atoms with Gasteiger partial charge in [0.15, 0.2) is 0 Å². The number of nitrogens with one attached hydrogen (secondary N) is 1. The Morgan fingerprint density at radius 3 is 2.82 bits per heavy atom. The van der Waals surface area contributed by atoms with Crippen LogP contribution in [0.15, 0.2) is 30.3 Å². The lowest BCUT2D eigenvalue weighted by molar-refractivity contribution is 0.161. The molecule has 1 heterocycles. The van der Waals surface area contributed by atoms with Crippen LogP contribution in [0, 0.1) is 0 Å². The van der Waals surface area contributed by atoms with Gasteiger partial charge in [-0.15, -0.1) is 0 Å². The van der Waals surface area contributed by atoms with Crippen LogP contribution in [-0.2, 0) is 6.54 Å². The highest BCUT2D eigenvalue weighted by molar-refractivity contribution is 5.14. The van der Waals surface area contributed by atoms with Gasteiger partial charge in [-0.2, -0.15) is 0 Å². The summed E-state index contributed by atoms with van der Waals surface area (Å²) in [5, 5.41) is 3.53. The van der Waals surface area contributed by atoms with E-state index in [0.717, 1.165) is 19.1 Å². The molecule has 94 valence electrons. The molecule has 2 rings (SSSR count). The van der Waals surface area contributed by atoms with Gasteiger partial charge in [0.05, 0.1) is 0 Å². The third-order valence-electron chi connectivity index (χ3n) is 3.69. The Labute approximate surface area is 105 Å². The number of likely N-dealkylation sites (tertiary alicyclic amines) is 1. The first-order valence-electron chi connectivity index (χ1n) is 6.85. The molecular weight excluding hydrogens is 208 g/mol. The van der Waals surface area contributed by atoms with Gasteiger partial charge in [0.2, 0.25) is 0 Å². The molecule has 1 aromatic carbocycles. The monoisotopic (exact) mass is 232 g/mol. The minimum absolute atomic E-state index is 0.780. The summed E-state index contributed by atoms with van der Waals surface area (Å²) in [6.07, 6.45) is 4.16. The first-order valence-corrected chi connectivity index (χ1v) is 6.85. The number of benzene rings is 1. The molecule has 0 saturated carbocycles. The van der Waals surface area contributed by atoms with Gasteiger partial charge in [-0.3, -0.25) is 4.90 Å². The molecule has 1 atom stereocenters. The smallest absolute Gasteiger partial charge is 0.0206 e. The van der Waals surface area contributed by atoms with Crippen molar-refractivity contribution in [2.24, 2.45) is 0 Å². The number of hydrogen-bond acceptors (Lipinski definition) is 2. The van der Waals surface area contributed by atoms with Crippen molar-refractivity contribution >= 4 is 0 Å². The minimum atomic E-state index is 0.780. The molecule has 0 amide bonds. The SMILES string of the molecule is CC1CCCCN1CCNCc1ccccc1. The Morgan fingerprint density at radius 1 is 1.24 bits per heavy atom. The van der Waals surface area contributed by atoms with E-state index in [1.165, 1.54) is 37.9 Å². The van der Waals surface area contributed by atoms with Gasteiger partial charge < -0.3 is 5.32 Å². The zero-order valence-corrected chi connectivity index (χ0v) is 10.9. The van der Waals surface area contributed by atoms with E-state index in [0.29, 0.717) is 0 Å². The van der Waals surface area contributed by atoms with E-state index in [1.807, 2.05) is 0 Å². The maximum absolute atomic E-state index is 3.53. The molecule has 1 unspecified atom stereocenters. The first-order chi connectivity index (χ1) is 8.36. The molecular formula is C15H24N2. The van der Waals surface area contributed by atoms with Gasteiger partial charge >= 0.3 is 0 Å². The molecule has 0 bridgehead atoms. The zero-order valence-electron chi connectivity index (χ0n) is 10.9. The summed E-state index contributed by atoms with van der Waals surface area (Å²) in [7, 11) is 0. The van der Waals surface area contributed by atoms with Crippen LogP contribution in [0.2, 0.25) is 0 Å². The van der Waals surface area contributed by atoms with Crippen molar-refractivity contribution in [3.8, 4) is 0 Å². The van der Waals surface area contributed by atoms with Gasteiger partial charge in [-0.1, -0.05) is 36.8 Å². The number of piperidine rings is 1. The highest BCUT2D eigenvalue weighted by Crippen LogP contribution is 2.15. The van der Waals surface area contributed by atoms with E-state index in [-0.39, 0.29) is 0 Å².